The van der Waals surface area contributed by atoms with Crippen molar-refractivity contribution in [3.05, 3.63) is 30.1 Å². The first-order valence-corrected chi connectivity index (χ1v) is 7.38. The maximum Gasteiger partial charge on any atom is 0.242 e. The Morgan fingerprint density at radius 2 is 1.80 bits per heavy atom. The van der Waals surface area contributed by atoms with Gasteiger partial charge in [0.15, 0.2) is 5.96 Å². The highest BCUT2D eigenvalue weighted by Gasteiger charge is 2.20. The van der Waals surface area contributed by atoms with E-state index in [2.05, 4.69) is 4.99 Å². The third-order valence-corrected chi connectivity index (χ3v) is 4.54. The van der Waals surface area contributed by atoms with E-state index in [0.717, 1.165) is 16.4 Å². The van der Waals surface area contributed by atoms with Gasteiger partial charge in [0.05, 0.1) is 11.4 Å². The van der Waals surface area contributed by atoms with Crippen LogP contribution in [0.1, 0.15) is 0 Å². The summed E-state index contributed by atoms with van der Waals surface area (Å²) in [6, 6.07) is 4.70. The third-order valence-electron chi connectivity index (χ3n) is 2.67. The summed E-state index contributed by atoms with van der Waals surface area (Å²) in [5, 5.41) is 0. The summed E-state index contributed by atoms with van der Waals surface area (Å²) in [6.07, 6.45) is 0. The van der Waals surface area contributed by atoms with Crippen molar-refractivity contribution in [2.75, 3.05) is 34.2 Å². The normalized spacial score (nSPS) is 12.8. The van der Waals surface area contributed by atoms with Gasteiger partial charge in [0.2, 0.25) is 10.0 Å². The van der Waals surface area contributed by atoms with Gasteiger partial charge < -0.3 is 10.6 Å². The number of sulfonamides is 1. The Hall–Kier alpha value is -1.67. The fourth-order valence-electron chi connectivity index (χ4n) is 1.35. The highest BCUT2D eigenvalue weighted by atomic mass is 32.2. The molecule has 0 aliphatic heterocycles. The summed E-state index contributed by atoms with van der Waals surface area (Å²) in [4.78, 5) is 5.72. The molecular weight excluding hydrogens is 283 g/mol. The van der Waals surface area contributed by atoms with Crippen molar-refractivity contribution in [2.45, 2.75) is 4.90 Å². The smallest absolute Gasteiger partial charge is 0.242 e. The first-order chi connectivity index (χ1) is 9.25. The molecule has 1 aromatic rings. The van der Waals surface area contributed by atoms with Gasteiger partial charge in [-0.05, 0) is 24.3 Å². The van der Waals surface area contributed by atoms with Crippen LogP contribution in [0.4, 0.5) is 4.39 Å². The van der Waals surface area contributed by atoms with Crippen molar-refractivity contribution in [1.82, 2.24) is 9.21 Å². The number of halogens is 1. The standard InChI is InChI=1S/C12H19FN4O2S/c1-16(2)12(14)15-8-9-17(3)20(18,19)11-6-4-10(13)5-7-11/h4-7H,8-9H2,1-3H3,(H2,14,15). The highest BCUT2D eigenvalue weighted by Crippen LogP contribution is 2.14. The molecule has 1 aromatic carbocycles. The van der Waals surface area contributed by atoms with Gasteiger partial charge in [0.25, 0.3) is 0 Å². The van der Waals surface area contributed by atoms with Gasteiger partial charge in [-0.15, -0.1) is 0 Å². The first-order valence-electron chi connectivity index (χ1n) is 5.94. The van der Waals surface area contributed by atoms with Gasteiger partial charge in [-0.1, -0.05) is 0 Å². The largest absolute Gasteiger partial charge is 0.370 e. The zero-order valence-corrected chi connectivity index (χ0v) is 12.6. The van der Waals surface area contributed by atoms with Crippen molar-refractivity contribution in [2.24, 2.45) is 10.7 Å². The molecule has 0 heterocycles. The maximum atomic E-state index is 12.8. The third kappa shape index (κ3) is 4.17. The summed E-state index contributed by atoms with van der Waals surface area (Å²) in [6.45, 7) is 0.440. The summed E-state index contributed by atoms with van der Waals surface area (Å²) < 4.78 is 38.3. The molecule has 6 nitrogen and oxygen atoms in total. The Balaban J connectivity index is 2.73. The van der Waals surface area contributed by atoms with Gasteiger partial charge in [-0.3, -0.25) is 4.99 Å². The Bertz CT molecular complexity index is 570. The van der Waals surface area contributed by atoms with Crippen LogP contribution in [0, 0.1) is 5.82 Å². The number of rotatable bonds is 5. The van der Waals surface area contributed by atoms with Crippen LogP contribution >= 0.6 is 0 Å². The van der Waals surface area contributed by atoms with E-state index in [1.807, 2.05) is 0 Å². The van der Waals surface area contributed by atoms with Crippen molar-refractivity contribution in [1.29, 1.82) is 0 Å². The molecule has 0 amide bonds. The van der Waals surface area contributed by atoms with E-state index in [1.54, 1.807) is 19.0 Å². The van der Waals surface area contributed by atoms with E-state index in [4.69, 9.17) is 5.73 Å². The van der Waals surface area contributed by atoms with E-state index < -0.39 is 15.8 Å². The molecule has 20 heavy (non-hydrogen) atoms. The molecule has 0 radical (unpaired) electrons. The van der Waals surface area contributed by atoms with Gasteiger partial charge in [0.1, 0.15) is 5.82 Å². The Labute approximate surface area is 118 Å². The number of benzene rings is 1. The van der Waals surface area contributed by atoms with Crippen LogP contribution in [0.2, 0.25) is 0 Å². The minimum absolute atomic E-state index is 0.0472. The molecule has 0 saturated carbocycles. The molecule has 0 bridgehead atoms. The number of likely N-dealkylation sites (N-methyl/N-ethyl adjacent to an activating group) is 1. The molecule has 0 saturated heterocycles. The first kappa shape index (κ1) is 16.4. The second kappa shape index (κ2) is 6.67. The molecule has 8 heteroatoms. The second-order valence-electron chi connectivity index (χ2n) is 4.41. The van der Waals surface area contributed by atoms with E-state index >= 15 is 0 Å². The number of guanidine groups is 1. The van der Waals surface area contributed by atoms with Gasteiger partial charge in [-0.2, -0.15) is 4.31 Å². The summed E-state index contributed by atoms with van der Waals surface area (Å²) in [7, 11) is 1.31. The number of aliphatic imine (C=N–C) groups is 1. The molecule has 112 valence electrons. The molecule has 0 aliphatic carbocycles. The number of nitrogens with zero attached hydrogens (tertiary/aromatic N) is 3. The molecule has 2 N–H and O–H groups in total. The maximum absolute atomic E-state index is 12.8. The second-order valence-corrected chi connectivity index (χ2v) is 6.46. The summed E-state index contributed by atoms with van der Waals surface area (Å²) in [5.74, 6) is -0.146. The molecule has 0 atom stereocenters. The predicted molar refractivity (Wildman–Crippen MR) is 76.4 cm³/mol. The lowest BCUT2D eigenvalue weighted by Crippen LogP contribution is -2.33. The SMILES string of the molecule is CN(C)C(N)=NCCN(C)S(=O)(=O)c1ccc(F)cc1. The van der Waals surface area contributed by atoms with Gasteiger partial charge >= 0.3 is 0 Å². The van der Waals surface area contributed by atoms with Crippen molar-refractivity contribution >= 4 is 16.0 Å². The van der Waals surface area contributed by atoms with Crippen LogP contribution in [-0.2, 0) is 10.0 Å². The van der Waals surface area contributed by atoms with Gasteiger partial charge in [-0.25, -0.2) is 12.8 Å². The van der Waals surface area contributed by atoms with Crippen LogP contribution in [0.15, 0.2) is 34.2 Å². The van der Waals surface area contributed by atoms with E-state index in [0.29, 0.717) is 5.96 Å². The molecular formula is C12H19FN4O2S. The number of nitrogens with two attached hydrogens (primary N) is 1. The minimum Gasteiger partial charge on any atom is -0.370 e. The van der Waals surface area contributed by atoms with Crippen LogP contribution < -0.4 is 5.73 Å². The monoisotopic (exact) mass is 302 g/mol. The zero-order valence-electron chi connectivity index (χ0n) is 11.7. The lowest BCUT2D eigenvalue weighted by Gasteiger charge is -2.17. The van der Waals surface area contributed by atoms with Crippen molar-refractivity contribution < 1.29 is 12.8 Å². The Morgan fingerprint density at radius 3 is 2.30 bits per heavy atom. The molecule has 0 aromatic heterocycles. The quantitative estimate of drug-likeness (QED) is 0.628. The Morgan fingerprint density at radius 1 is 1.25 bits per heavy atom. The summed E-state index contributed by atoms with van der Waals surface area (Å²) in [5.41, 5.74) is 5.61. The van der Waals surface area contributed by atoms with E-state index in [9.17, 15) is 12.8 Å². The highest BCUT2D eigenvalue weighted by molar-refractivity contribution is 7.89. The molecule has 0 spiro atoms. The predicted octanol–water partition coefficient (Wildman–Crippen LogP) is 0.323. The lowest BCUT2D eigenvalue weighted by atomic mass is 10.4. The molecule has 0 fully saturated rings. The Kier molecular flexibility index (Phi) is 5.46. The average Bonchev–Trinajstić information content (AvgIpc) is 2.38. The molecule has 0 unspecified atom stereocenters. The fraction of sp³-hybridized carbons (Fsp3) is 0.417. The summed E-state index contributed by atoms with van der Waals surface area (Å²) >= 11 is 0. The minimum atomic E-state index is -3.63. The van der Waals surface area contributed by atoms with Crippen LogP contribution in [0.5, 0.6) is 0 Å². The molecule has 1 rings (SSSR count). The van der Waals surface area contributed by atoms with E-state index in [-0.39, 0.29) is 18.0 Å². The zero-order chi connectivity index (χ0) is 15.3. The number of hydrogen-bond acceptors (Lipinski definition) is 3. The fourth-order valence-corrected chi connectivity index (χ4v) is 2.52. The average molecular weight is 302 g/mol. The molecule has 0 aliphatic rings. The topological polar surface area (TPSA) is 79.0 Å². The van der Waals surface area contributed by atoms with E-state index in [1.165, 1.54) is 19.2 Å². The van der Waals surface area contributed by atoms with Gasteiger partial charge in [0, 0.05) is 27.7 Å². The number of hydrogen-bond donors (Lipinski definition) is 1. The van der Waals surface area contributed by atoms with Crippen LogP contribution in [0.25, 0.3) is 0 Å². The van der Waals surface area contributed by atoms with Crippen molar-refractivity contribution in [3.8, 4) is 0 Å². The lowest BCUT2D eigenvalue weighted by molar-refractivity contribution is 0.475. The van der Waals surface area contributed by atoms with Crippen LogP contribution in [-0.4, -0.2) is 57.8 Å². The van der Waals surface area contributed by atoms with Crippen molar-refractivity contribution in [3.63, 3.8) is 0 Å². The van der Waals surface area contributed by atoms with Crippen LogP contribution in [0.3, 0.4) is 0 Å².